The third-order valence-corrected chi connectivity index (χ3v) is 10.8. The van der Waals surface area contributed by atoms with Crippen molar-refractivity contribution in [3.8, 4) is 0 Å². The third-order valence-electron chi connectivity index (χ3n) is 10.8. The normalized spacial score (nSPS) is 47.6. The zero-order chi connectivity index (χ0) is 24.1. The molecule has 0 aromatic heterocycles. The zero-order valence-corrected chi connectivity index (χ0v) is 21.1. The van der Waals surface area contributed by atoms with Crippen molar-refractivity contribution in [1.29, 1.82) is 0 Å². The second kappa shape index (κ2) is 9.14. The van der Waals surface area contributed by atoms with Crippen molar-refractivity contribution < 1.29 is 29.3 Å². The van der Waals surface area contributed by atoms with E-state index in [0.29, 0.717) is 36.5 Å². The minimum atomic E-state index is -0.771. The van der Waals surface area contributed by atoms with E-state index in [1.807, 2.05) is 0 Å². The summed E-state index contributed by atoms with van der Waals surface area (Å²) in [7, 11) is 1.45. The van der Waals surface area contributed by atoms with Crippen LogP contribution in [0.25, 0.3) is 0 Å². The highest BCUT2D eigenvalue weighted by Crippen LogP contribution is 2.68. The van der Waals surface area contributed by atoms with Gasteiger partial charge in [-0.15, -0.1) is 0 Å². The molecule has 0 aromatic rings. The van der Waals surface area contributed by atoms with Gasteiger partial charge >= 0.3 is 11.9 Å². The van der Waals surface area contributed by atoms with Gasteiger partial charge in [0.1, 0.15) is 6.10 Å². The first kappa shape index (κ1) is 25.0. The monoisotopic (exact) mass is 464 g/mol. The van der Waals surface area contributed by atoms with E-state index in [4.69, 9.17) is 9.47 Å². The fourth-order valence-corrected chi connectivity index (χ4v) is 9.19. The molecule has 4 aliphatic carbocycles. The van der Waals surface area contributed by atoms with Crippen LogP contribution in [-0.4, -0.2) is 47.6 Å². The number of ether oxygens (including phenoxy) is 2. The molecule has 6 nitrogen and oxygen atoms in total. The van der Waals surface area contributed by atoms with Crippen LogP contribution in [-0.2, 0) is 19.1 Å². The molecule has 0 aromatic carbocycles. The highest BCUT2D eigenvalue weighted by molar-refractivity contribution is 5.69. The highest BCUT2D eigenvalue weighted by Gasteiger charge is 2.65. The van der Waals surface area contributed by atoms with Crippen LogP contribution in [0.15, 0.2) is 0 Å². The van der Waals surface area contributed by atoms with E-state index in [-0.39, 0.29) is 40.7 Å². The average molecular weight is 465 g/mol. The van der Waals surface area contributed by atoms with Crippen LogP contribution in [0.4, 0.5) is 0 Å². The van der Waals surface area contributed by atoms with E-state index in [9.17, 15) is 19.8 Å². The summed E-state index contributed by atoms with van der Waals surface area (Å²) < 4.78 is 10.4. The van der Waals surface area contributed by atoms with E-state index in [0.717, 1.165) is 44.9 Å². The summed E-state index contributed by atoms with van der Waals surface area (Å²) >= 11 is 0. The largest absolute Gasteiger partial charge is 0.469 e. The highest BCUT2D eigenvalue weighted by atomic mass is 16.5. The van der Waals surface area contributed by atoms with Gasteiger partial charge < -0.3 is 19.7 Å². The Kier molecular flexibility index (Phi) is 6.92. The lowest BCUT2D eigenvalue weighted by atomic mass is 9.43. The standard InChI is InChI=1S/C27H44O6/c1-15(6-9-22(29)32-5)18-7-8-19-23-20(11-13-26(18,19)3)27(4)12-10-17(33-16(2)28)14-21(27)24(30)25(23)31/h15,17-21,23-25,30-31H,6-14H2,1-5H3/t15-,17-,18-,19?,20?,21?,23?,24-,25+,26-,27-/m1/s1. The van der Waals surface area contributed by atoms with Crippen LogP contribution < -0.4 is 0 Å². The molecule has 4 aliphatic rings. The van der Waals surface area contributed by atoms with E-state index >= 15 is 0 Å². The second-order valence-electron chi connectivity index (χ2n) is 12.2. The number of hydrogen-bond acceptors (Lipinski definition) is 6. The Bertz CT molecular complexity index is 753. The number of aliphatic hydroxyl groups excluding tert-OH is 2. The van der Waals surface area contributed by atoms with Crippen LogP contribution in [0.1, 0.15) is 85.5 Å². The smallest absolute Gasteiger partial charge is 0.305 e. The molecule has 2 N–H and O–H groups in total. The summed E-state index contributed by atoms with van der Waals surface area (Å²) in [5.74, 6) is 1.43. The maximum absolute atomic E-state index is 11.7. The van der Waals surface area contributed by atoms with Crippen molar-refractivity contribution in [2.75, 3.05) is 7.11 Å². The second-order valence-corrected chi connectivity index (χ2v) is 12.2. The van der Waals surface area contributed by atoms with E-state index in [2.05, 4.69) is 20.8 Å². The molecule has 6 heteroatoms. The summed E-state index contributed by atoms with van der Waals surface area (Å²) in [5, 5.41) is 22.8. The van der Waals surface area contributed by atoms with Crippen molar-refractivity contribution in [3.63, 3.8) is 0 Å². The van der Waals surface area contributed by atoms with E-state index in [1.165, 1.54) is 14.0 Å². The van der Waals surface area contributed by atoms with Gasteiger partial charge in [-0.1, -0.05) is 20.8 Å². The minimum Gasteiger partial charge on any atom is -0.469 e. The third kappa shape index (κ3) is 4.13. The van der Waals surface area contributed by atoms with Crippen LogP contribution in [0.5, 0.6) is 0 Å². The maximum Gasteiger partial charge on any atom is 0.305 e. The van der Waals surface area contributed by atoms with Crippen molar-refractivity contribution in [1.82, 2.24) is 0 Å². The van der Waals surface area contributed by atoms with Gasteiger partial charge in [0.15, 0.2) is 0 Å². The molecule has 0 spiro atoms. The molecular weight excluding hydrogens is 420 g/mol. The quantitative estimate of drug-likeness (QED) is 0.595. The van der Waals surface area contributed by atoms with Crippen LogP contribution in [0.2, 0.25) is 0 Å². The number of aliphatic hydroxyl groups is 2. The fraction of sp³-hybridized carbons (Fsp3) is 0.926. The topological polar surface area (TPSA) is 93.1 Å². The summed E-state index contributed by atoms with van der Waals surface area (Å²) in [5.41, 5.74) is 0.103. The number of methoxy groups -OCH3 is 1. The van der Waals surface area contributed by atoms with Gasteiger partial charge in [-0.05, 0) is 97.7 Å². The Morgan fingerprint density at radius 1 is 0.970 bits per heavy atom. The molecule has 4 saturated carbocycles. The van der Waals surface area contributed by atoms with Crippen molar-refractivity contribution in [3.05, 3.63) is 0 Å². The van der Waals surface area contributed by atoms with Gasteiger partial charge in [-0.25, -0.2) is 0 Å². The Hall–Kier alpha value is -1.14. The van der Waals surface area contributed by atoms with Crippen molar-refractivity contribution >= 4 is 11.9 Å². The Morgan fingerprint density at radius 3 is 2.30 bits per heavy atom. The average Bonchev–Trinajstić information content (AvgIpc) is 3.13. The molecule has 0 amide bonds. The number of fused-ring (bicyclic) bond motifs is 5. The first-order valence-electron chi connectivity index (χ1n) is 13.1. The van der Waals surface area contributed by atoms with Crippen molar-refractivity contribution in [2.45, 2.75) is 104 Å². The molecule has 4 fully saturated rings. The maximum atomic E-state index is 11.7. The first-order valence-corrected chi connectivity index (χ1v) is 13.1. The molecule has 4 rings (SSSR count). The summed E-state index contributed by atoms with van der Waals surface area (Å²) in [4.78, 5) is 23.2. The zero-order valence-electron chi connectivity index (χ0n) is 21.1. The molecule has 0 bridgehead atoms. The summed E-state index contributed by atoms with van der Waals surface area (Å²) in [6, 6.07) is 0. The molecule has 0 saturated heterocycles. The van der Waals surface area contributed by atoms with Gasteiger partial charge in [0.05, 0.1) is 19.3 Å². The predicted octanol–water partition coefficient (Wildman–Crippen LogP) is 4.11. The van der Waals surface area contributed by atoms with Gasteiger partial charge in [0.2, 0.25) is 0 Å². The minimum absolute atomic E-state index is 0.0319. The van der Waals surface area contributed by atoms with Gasteiger partial charge in [0.25, 0.3) is 0 Å². The lowest BCUT2D eigenvalue weighted by Crippen LogP contribution is -2.64. The number of hydrogen-bond donors (Lipinski definition) is 2. The molecule has 33 heavy (non-hydrogen) atoms. The molecule has 0 heterocycles. The molecule has 4 unspecified atom stereocenters. The molecule has 188 valence electrons. The Balaban J connectivity index is 1.54. The van der Waals surface area contributed by atoms with Crippen LogP contribution in [0, 0.1) is 46.3 Å². The summed E-state index contributed by atoms with van der Waals surface area (Å²) in [6.07, 6.45) is 6.52. The fourth-order valence-electron chi connectivity index (χ4n) is 9.19. The van der Waals surface area contributed by atoms with Crippen LogP contribution >= 0.6 is 0 Å². The molecule has 11 atom stereocenters. The first-order chi connectivity index (χ1) is 15.5. The Labute approximate surface area is 198 Å². The van der Waals surface area contributed by atoms with E-state index < -0.39 is 12.2 Å². The molecule has 0 radical (unpaired) electrons. The Morgan fingerprint density at radius 2 is 1.64 bits per heavy atom. The number of esters is 2. The summed E-state index contributed by atoms with van der Waals surface area (Å²) in [6.45, 7) is 8.45. The molecular formula is C27H44O6. The van der Waals surface area contributed by atoms with Gasteiger partial charge in [0, 0.05) is 13.3 Å². The van der Waals surface area contributed by atoms with Gasteiger partial charge in [-0.2, -0.15) is 0 Å². The number of rotatable bonds is 5. The van der Waals surface area contributed by atoms with Crippen molar-refractivity contribution in [2.24, 2.45) is 46.3 Å². The van der Waals surface area contributed by atoms with E-state index in [1.54, 1.807) is 0 Å². The molecule has 0 aliphatic heterocycles. The van der Waals surface area contributed by atoms with Gasteiger partial charge in [-0.3, -0.25) is 9.59 Å². The van der Waals surface area contributed by atoms with Crippen LogP contribution in [0.3, 0.4) is 0 Å². The number of carbonyl (C=O) groups is 2. The SMILES string of the molecule is COC(=O)CC[C@@H](C)[C@H]1CCC2C3C(CC[C@@]21C)[C@@]1(C)CC[C@@H](OC(C)=O)CC1[C@@H](O)[C@H]3O. The number of carbonyl (C=O) groups excluding carboxylic acids is 2. The lowest BCUT2D eigenvalue weighted by Gasteiger charge is -2.63. The predicted molar refractivity (Wildman–Crippen MR) is 124 cm³/mol. The lowest BCUT2D eigenvalue weighted by molar-refractivity contribution is -0.225.